The van der Waals surface area contributed by atoms with Gasteiger partial charge in [-0.25, -0.2) is 9.59 Å². The number of benzene rings is 2. The number of carboxylic acids is 1. The Hall–Kier alpha value is -3.03. The van der Waals surface area contributed by atoms with Crippen LogP contribution in [0.4, 0.5) is 4.79 Å². The second kappa shape index (κ2) is 7.69. The van der Waals surface area contributed by atoms with Crippen molar-refractivity contribution in [2.75, 3.05) is 0 Å². The zero-order chi connectivity index (χ0) is 19.6. The van der Waals surface area contributed by atoms with E-state index in [1.165, 1.54) is 18.2 Å². The molecule has 0 unspecified atom stereocenters. The van der Waals surface area contributed by atoms with Crippen molar-refractivity contribution in [3.8, 4) is 5.75 Å². The summed E-state index contributed by atoms with van der Waals surface area (Å²) in [7, 11) is 0. The topological polar surface area (TPSA) is 105 Å². The lowest BCUT2D eigenvalue weighted by molar-refractivity contribution is -0.115. The zero-order valence-corrected chi connectivity index (χ0v) is 15.1. The average Bonchev–Trinajstić information content (AvgIpc) is 2.91. The molecular formula is C18H12Cl2N2O5. The molecule has 0 bridgehead atoms. The van der Waals surface area contributed by atoms with Gasteiger partial charge in [0.1, 0.15) is 12.3 Å². The van der Waals surface area contributed by atoms with Gasteiger partial charge in [0, 0.05) is 0 Å². The maximum atomic E-state index is 11.6. The van der Waals surface area contributed by atoms with Gasteiger partial charge in [0.25, 0.3) is 5.91 Å². The lowest BCUT2D eigenvalue weighted by atomic mass is 10.1. The fraction of sp³-hybridized carbons (Fsp3) is 0.0556. The minimum Gasteiger partial charge on any atom is -0.486 e. The summed E-state index contributed by atoms with van der Waals surface area (Å²) < 4.78 is 5.64. The van der Waals surface area contributed by atoms with Crippen molar-refractivity contribution in [2.24, 2.45) is 0 Å². The van der Waals surface area contributed by atoms with Crippen LogP contribution in [0, 0.1) is 0 Å². The summed E-state index contributed by atoms with van der Waals surface area (Å²) in [4.78, 5) is 33.5. The minimum absolute atomic E-state index is 0.0827. The Morgan fingerprint density at radius 2 is 1.70 bits per heavy atom. The van der Waals surface area contributed by atoms with E-state index in [4.69, 9.17) is 33.0 Å². The summed E-state index contributed by atoms with van der Waals surface area (Å²) in [5, 5.41) is 13.8. The first-order chi connectivity index (χ1) is 12.8. The van der Waals surface area contributed by atoms with Crippen LogP contribution in [0.15, 0.2) is 42.1 Å². The van der Waals surface area contributed by atoms with Gasteiger partial charge in [0.2, 0.25) is 0 Å². The van der Waals surface area contributed by atoms with Crippen LogP contribution in [-0.2, 0) is 11.4 Å². The third-order valence-electron chi connectivity index (χ3n) is 3.64. The molecule has 9 heteroatoms. The Kier molecular flexibility index (Phi) is 5.34. The molecule has 0 saturated carbocycles. The molecule has 0 aromatic heterocycles. The van der Waals surface area contributed by atoms with Gasteiger partial charge in [-0.3, -0.25) is 10.1 Å². The number of imide groups is 1. The monoisotopic (exact) mass is 406 g/mol. The molecule has 0 spiro atoms. The van der Waals surface area contributed by atoms with Gasteiger partial charge in [-0.05, 0) is 41.5 Å². The summed E-state index contributed by atoms with van der Waals surface area (Å²) in [5.41, 5.74) is 1.51. The van der Waals surface area contributed by atoms with E-state index >= 15 is 0 Å². The lowest BCUT2D eigenvalue weighted by Crippen LogP contribution is -2.22. The van der Waals surface area contributed by atoms with Crippen molar-refractivity contribution >= 4 is 47.2 Å². The third kappa shape index (κ3) is 4.39. The first-order valence-corrected chi connectivity index (χ1v) is 8.37. The molecule has 2 aromatic carbocycles. The Bertz CT molecular complexity index is 947. The highest BCUT2D eigenvalue weighted by Gasteiger charge is 2.23. The van der Waals surface area contributed by atoms with Gasteiger partial charge < -0.3 is 15.2 Å². The number of urea groups is 1. The van der Waals surface area contributed by atoms with Crippen LogP contribution in [0.25, 0.3) is 6.08 Å². The first-order valence-electron chi connectivity index (χ1n) is 7.61. The van der Waals surface area contributed by atoms with Gasteiger partial charge in [0.05, 0.1) is 15.6 Å². The van der Waals surface area contributed by atoms with E-state index in [2.05, 4.69) is 10.6 Å². The molecule has 2 aromatic rings. The number of carboxylic acid groups (broad SMARTS) is 1. The molecule has 0 aliphatic carbocycles. The maximum absolute atomic E-state index is 11.6. The van der Waals surface area contributed by atoms with Crippen LogP contribution < -0.4 is 15.4 Å². The molecule has 3 rings (SSSR count). The second-order valence-corrected chi connectivity index (χ2v) is 6.39. The van der Waals surface area contributed by atoms with E-state index in [0.717, 1.165) is 5.56 Å². The fourth-order valence-electron chi connectivity index (χ4n) is 2.35. The molecule has 138 valence electrons. The van der Waals surface area contributed by atoms with Gasteiger partial charge >= 0.3 is 12.0 Å². The number of nitrogens with one attached hydrogen (secondary N) is 2. The predicted molar refractivity (Wildman–Crippen MR) is 98.8 cm³/mol. The molecule has 3 N–H and O–H groups in total. The van der Waals surface area contributed by atoms with E-state index in [1.807, 2.05) is 0 Å². The molecule has 1 heterocycles. The van der Waals surface area contributed by atoms with Crippen LogP contribution in [0.5, 0.6) is 5.75 Å². The van der Waals surface area contributed by atoms with Gasteiger partial charge in [-0.2, -0.15) is 0 Å². The molecule has 1 fully saturated rings. The van der Waals surface area contributed by atoms with Gasteiger partial charge in [-0.15, -0.1) is 0 Å². The van der Waals surface area contributed by atoms with E-state index in [1.54, 1.807) is 24.3 Å². The first kappa shape index (κ1) is 18.8. The Balaban J connectivity index is 1.75. The van der Waals surface area contributed by atoms with Crippen molar-refractivity contribution in [3.63, 3.8) is 0 Å². The van der Waals surface area contributed by atoms with E-state index in [0.29, 0.717) is 5.56 Å². The normalized spacial score (nSPS) is 14.8. The molecule has 7 nitrogen and oxygen atoms in total. The minimum atomic E-state index is -1.01. The summed E-state index contributed by atoms with van der Waals surface area (Å²) in [6.45, 7) is 0.137. The lowest BCUT2D eigenvalue weighted by Gasteiger charge is -2.11. The second-order valence-electron chi connectivity index (χ2n) is 5.57. The number of carbonyl (C=O) groups is 3. The van der Waals surface area contributed by atoms with Gasteiger partial charge in [0.15, 0.2) is 5.75 Å². The SMILES string of the molecule is O=C1NC(=O)C(=Cc2cc(Cl)c(OCc3ccc(C(=O)O)cc3)c(Cl)c2)N1. The Morgan fingerprint density at radius 1 is 1.07 bits per heavy atom. The Labute approximate surface area is 163 Å². The standard InChI is InChI=1S/C18H12Cl2N2O5/c19-12-5-10(7-14-16(23)22-18(26)21-14)6-13(20)15(12)27-8-9-1-3-11(4-2-9)17(24)25/h1-7H,8H2,(H,24,25)(H2,21,22,23,26). The summed E-state index contributed by atoms with van der Waals surface area (Å²) in [6, 6.07) is 8.69. The van der Waals surface area contributed by atoms with E-state index < -0.39 is 17.9 Å². The molecule has 0 atom stereocenters. The highest BCUT2D eigenvalue weighted by atomic mass is 35.5. The van der Waals surface area contributed by atoms with E-state index in [9.17, 15) is 14.4 Å². The van der Waals surface area contributed by atoms with Crippen molar-refractivity contribution in [2.45, 2.75) is 6.61 Å². The maximum Gasteiger partial charge on any atom is 0.335 e. The van der Waals surface area contributed by atoms with E-state index in [-0.39, 0.29) is 33.7 Å². The number of halogens is 2. The van der Waals surface area contributed by atoms with Crippen molar-refractivity contribution < 1.29 is 24.2 Å². The molecule has 27 heavy (non-hydrogen) atoms. The molecule has 1 aliphatic rings. The molecular weight excluding hydrogens is 395 g/mol. The number of amides is 3. The third-order valence-corrected chi connectivity index (χ3v) is 4.20. The highest BCUT2D eigenvalue weighted by Crippen LogP contribution is 2.35. The van der Waals surface area contributed by atoms with Crippen molar-refractivity contribution in [1.29, 1.82) is 0 Å². The quantitative estimate of drug-likeness (QED) is 0.520. The molecule has 1 aliphatic heterocycles. The fourth-order valence-corrected chi connectivity index (χ4v) is 2.96. The molecule has 0 radical (unpaired) electrons. The number of carbonyl (C=O) groups excluding carboxylic acids is 2. The largest absolute Gasteiger partial charge is 0.486 e. The summed E-state index contributed by atoms with van der Waals surface area (Å²) in [6.07, 6.45) is 1.44. The molecule has 1 saturated heterocycles. The smallest absolute Gasteiger partial charge is 0.335 e. The Morgan fingerprint density at radius 3 is 2.22 bits per heavy atom. The summed E-state index contributed by atoms with van der Waals surface area (Å²) in [5.74, 6) is -1.30. The van der Waals surface area contributed by atoms with Crippen LogP contribution in [0.2, 0.25) is 10.0 Å². The molecule has 3 amide bonds. The van der Waals surface area contributed by atoms with Crippen LogP contribution in [-0.4, -0.2) is 23.0 Å². The number of rotatable bonds is 5. The zero-order valence-electron chi connectivity index (χ0n) is 13.6. The summed E-state index contributed by atoms with van der Waals surface area (Å²) >= 11 is 12.4. The number of hydrogen-bond donors (Lipinski definition) is 3. The number of ether oxygens (including phenoxy) is 1. The number of aromatic carboxylic acids is 1. The van der Waals surface area contributed by atoms with Crippen molar-refractivity contribution in [3.05, 3.63) is 68.8 Å². The van der Waals surface area contributed by atoms with Crippen LogP contribution in [0.3, 0.4) is 0 Å². The van der Waals surface area contributed by atoms with Crippen LogP contribution >= 0.6 is 23.2 Å². The van der Waals surface area contributed by atoms with Crippen molar-refractivity contribution in [1.82, 2.24) is 10.6 Å². The predicted octanol–water partition coefficient (Wildman–Crippen LogP) is 3.45. The number of hydrogen-bond acceptors (Lipinski definition) is 4. The average molecular weight is 407 g/mol. The van der Waals surface area contributed by atoms with Gasteiger partial charge in [-0.1, -0.05) is 35.3 Å². The highest BCUT2D eigenvalue weighted by molar-refractivity contribution is 6.37. The van der Waals surface area contributed by atoms with Crippen LogP contribution in [0.1, 0.15) is 21.5 Å².